The van der Waals surface area contributed by atoms with Gasteiger partial charge in [0, 0.05) is 12.6 Å². The number of carbonyl (C=O) groups is 2. The van der Waals surface area contributed by atoms with Crippen molar-refractivity contribution in [2.75, 3.05) is 6.54 Å². The highest BCUT2D eigenvalue weighted by Crippen LogP contribution is 2.31. The lowest BCUT2D eigenvalue weighted by Gasteiger charge is -2.32. The summed E-state index contributed by atoms with van der Waals surface area (Å²) in [4.78, 5) is 24.8. The van der Waals surface area contributed by atoms with Crippen molar-refractivity contribution in [3.8, 4) is 0 Å². The molecule has 104 valence electrons. The van der Waals surface area contributed by atoms with Crippen LogP contribution < -0.4 is 0 Å². The fourth-order valence-electron chi connectivity index (χ4n) is 2.42. The van der Waals surface area contributed by atoms with Gasteiger partial charge in [0.15, 0.2) is 0 Å². The molecule has 1 saturated carbocycles. The van der Waals surface area contributed by atoms with E-state index in [4.69, 9.17) is 9.84 Å². The van der Waals surface area contributed by atoms with Crippen molar-refractivity contribution in [2.24, 2.45) is 5.92 Å². The number of carboxylic acid groups (broad SMARTS) is 1. The Morgan fingerprint density at radius 3 is 2.39 bits per heavy atom. The summed E-state index contributed by atoms with van der Waals surface area (Å²) in [5.41, 5.74) is -0.554. The normalized spacial score (nSPS) is 23.8. The molecule has 0 spiro atoms. The Morgan fingerprint density at radius 1 is 1.33 bits per heavy atom. The number of hydrogen-bond donors (Lipinski definition) is 1. The first-order valence-electron chi connectivity index (χ1n) is 6.48. The highest BCUT2D eigenvalue weighted by Gasteiger charge is 2.39. The molecular formula is C13H23NO4. The van der Waals surface area contributed by atoms with E-state index in [1.54, 1.807) is 4.90 Å². The molecule has 1 N–H and O–H groups in total. The minimum Gasteiger partial charge on any atom is -0.481 e. The fraction of sp³-hybridized carbons (Fsp3) is 0.846. The van der Waals surface area contributed by atoms with Gasteiger partial charge in [-0.15, -0.1) is 0 Å². The molecule has 0 radical (unpaired) electrons. The number of hydrogen-bond acceptors (Lipinski definition) is 3. The van der Waals surface area contributed by atoms with Gasteiger partial charge in [0.25, 0.3) is 0 Å². The Kier molecular flexibility index (Phi) is 4.59. The third kappa shape index (κ3) is 3.62. The zero-order valence-corrected chi connectivity index (χ0v) is 11.6. The van der Waals surface area contributed by atoms with E-state index in [-0.39, 0.29) is 6.04 Å². The highest BCUT2D eigenvalue weighted by molar-refractivity contribution is 5.74. The number of carbonyl (C=O) groups excluding carboxylic acids is 1. The first kappa shape index (κ1) is 14.8. The fourth-order valence-corrected chi connectivity index (χ4v) is 2.42. The van der Waals surface area contributed by atoms with E-state index in [9.17, 15) is 9.59 Å². The number of amides is 1. The van der Waals surface area contributed by atoms with E-state index >= 15 is 0 Å². The average Bonchev–Trinajstić information content (AvgIpc) is 2.64. The molecule has 0 aromatic heterocycles. The molecule has 5 heteroatoms. The Morgan fingerprint density at radius 2 is 1.94 bits per heavy atom. The van der Waals surface area contributed by atoms with Crippen LogP contribution in [0.5, 0.6) is 0 Å². The SMILES string of the molecule is CCN(C(=O)OC(C)(C)C)C1CCCC1C(=O)O. The largest absolute Gasteiger partial charge is 0.481 e. The maximum absolute atomic E-state index is 12.1. The first-order chi connectivity index (χ1) is 8.26. The second kappa shape index (κ2) is 5.59. The van der Waals surface area contributed by atoms with Gasteiger partial charge in [0.2, 0.25) is 0 Å². The van der Waals surface area contributed by atoms with E-state index < -0.39 is 23.6 Å². The number of carboxylic acids is 1. The van der Waals surface area contributed by atoms with Crippen LogP contribution in [0.1, 0.15) is 47.0 Å². The number of rotatable bonds is 3. The monoisotopic (exact) mass is 257 g/mol. The van der Waals surface area contributed by atoms with Gasteiger partial charge >= 0.3 is 12.1 Å². The van der Waals surface area contributed by atoms with Crippen LogP contribution in [0.4, 0.5) is 4.79 Å². The molecule has 1 amide bonds. The lowest BCUT2D eigenvalue weighted by Crippen LogP contribution is -2.46. The molecule has 0 aromatic carbocycles. The molecule has 0 aliphatic heterocycles. The van der Waals surface area contributed by atoms with Gasteiger partial charge < -0.3 is 14.7 Å². The van der Waals surface area contributed by atoms with Gasteiger partial charge in [-0.2, -0.15) is 0 Å². The number of nitrogens with zero attached hydrogens (tertiary/aromatic N) is 1. The Labute approximate surface area is 108 Å². The van der Waals surface area contributed by atoms with E-state index in [2.05, 4.69) is 0 Å². The number of aliphatic carboxylic acids is 1. The van der Waals surface area contributed by atoms with Crippen LogP contribution in [0.15, 0.2) is 0 Å². The first-order valence-corrected chi connectivity index (χ1v) is 6.48. The van der Waals surface area contributed by atoms with Crippen LogP contribution in [0, 0.1) is 5.92 Å². The average molecular weight is 257 g/mol. The molecule has 0 bridgehead atoms. The summed E-state index contributed by atoms with van der Waals surface area (Å²) in [6.45, 7) is 7.75. The highest BCUT2D eigenvalue weighted by atomic mass is 16.6. The van der Waals surface area contributed by atoms with Crippen molar-refractivity contribution in [1.29, 1.82) is 0 Å². The minimum atomic E-state index is -0.820. The quantitative estimate of drug-likeness (QED) is 0.843. The molecule has 1 rings (SSSR count). The van der Waals surface area contributed by atoms with Crippen molar-refractivity contribution < 1.29 is 19.4 Å². The predicted octanol–water partition coefficient (Wildman–Crippen LogP) is 2.50. The molecule has 2 unspecified atom stereocenters. The van der Waals surface area contributed by atoms with E-state index in [0.717, 1.165) is 12.8 Å². The summed E-state index contributed by atoms with van der Waals surface area (Å²) < 4.78 is 5.33. The van der Waals surface area contributed by atoms with Crippen LogP contribution in [0.3, 0.4) is 0 Å². The molecule has 5 nitrogen and oxygen atoms in total. The van der Waals surface area contributed by atoms with Crippen molar-refractivity contribution >= 4 is 12.1 Å². The maximum Gasteiger partial charge on any atom is 0.410 e. The van der Waals surface area contributed by atoms with Crippen LogP contribution in [-0.4, -0.2) is 40.3 Å². The molecule has 0 saturated heterocycles. The van der Waals surface area contributed by atoms with Crippen molar-refractivity contribution in [3.63, 3.8) is 0 Å². The molecular weight excluding hydrogens is 234 g/mol. The molecule has 2 atom stereocenters. The smallest absolute Gasteiger partial charge is 0.410 e. The maximum atomic E-state index is 12.1. The Hall–Kier alpha value is -1.26. The zero-order chi connectivity index (χ0) is 13.9. The topological polar surface area (TPSA) is 66.8 Å². The lowest BCUT2D eigenvalue weighted by atomic mass is 10.0. The summed E-state index contributed by atoms with van der Waals surface area (Å²) >= 11 is 0. The Bertz CT molecular complexity index is 321. The predicted molar refractivity (Wildman–Crippen MR) is 67.4 cm³/mol. The van der Waals surface area contributed by atoms with Crippen LogP contribution in [-0.2, 0) is 9.53 Å². The van der Waals surface area contributed by atoms with Crippen LogP contribution >= 0.6 is 0 Å². The second-order valence-electron chi connectivity index (χ2n) is 5.71. The molecule has 1 aliphatic carbocycles. The standard InChI is InChI=1S/C13H23NO4/c1-5-14(12(17)18-13(2,3)4)10-8-6-7-9(10)11(15)16/h9-10H,5-8H2,1-4H3,(H,15,16). The summed E-state index contributed by atoms with van der Waals surface area (Å²) in [6, 6.07) is -0.234. The zero-order valence-electron chi connectivity index (χ0n) is 11.6. The van der Waals surface area contributed by atoms with Gasteiger partial charge in [-0.25, -0.2) is 4.79 Å². The van der Waals surface area contributed by atoms with E-state index in [1.165, 1.54) is 0 Å². The summed E-state index contributed by atoms with van der Waals surface area (Å²) in [5.74, 6) is -1.28. The summed E-state index contributed by atoms with van der Waals surface area (Å²) in [7, 11) is 0. The van der Waals surface area contributed by atoms with Crippen molar-refractivity contribution in [1.82, 2.24) is 4.90 Å². The second-order valence-corrected chi connectivity index (χ2v) is 5.71. The summed E-state index contributed by atoms with van der Waals surface area (Å²) in [5, 5.41) is 9.16. The van der Waals surface area contributed by atoms with Gasteiger partial charge in [-0.05, 0) is 40.5 Å². The van der Waals surface area contributed by atoms with Crippen molar-refractivity contribution in [2.45, 2.75) is 58.6 Å². The van der Waals surface area contributed by atoms with Crippen molar-refractivity contribution in [3.05, 3.63) is 0 Å². The number of ether oxygens (including phenoxy) is 1. The lowest BCUT2D eigenvalue weighted by molar-refractivity contribution is -0.143. The summed E-state index contributed by atoms with van der Waals surface area (Å²) in [6.07, 6.45) is 1.81. The minimum absolute atomic E-state index is 0.234. The van der Waals surface area contributed by atoms with Gasteiger partial charge in [-0.3, -0.25) is 4.79 Å². The van der Waals surface area contributed by atoms with E-state index in [0.29, 0.717) is 13.0 Å². The molecule has 1 fully saturated rings. The van der Waals surface area contributed by atoms with Gasteiger partial charge in [0.1, 0.15) is 5.60 Å². The Balaban J connectivity index is 2.76. The van der Waals surface area contributed by atoms with Gasteiger partial charge in [-0.1, -0.05) is 6.42 Å². The molecule has 18 heavy (non-hydrogen) atoms. The third-order valence-corrected chi connectivity index (χ3v) is 3.17. The van der Waals surface area contributed by atoms with Crippen LogP contribution in [0.2, 0.25) is 0 Å². The molecule has 0 heterocycles. The third-order valence-electron chi connectivity index (χ3n) is 3.17. The van der Waals surface area contributed by atoms with E-state index in [1.807, 2.05) is 27.7 Å². The molecule has 0 aromatic rings. The van der Waals surface area contributed by atoms with Gasteiger partial charge in [0.05, 0.1) is 5.92 Å². The van der Waals surface area contributed by atoms with Crippen LogP contribution in [0.25, 0.3) is 0 Å². The molecule has 1 aliphatic rings.